The number of hydrogen-bond acceptors (Lipinski definition) is 6. The lowest BCUT2D eigenvalue weighted by Crippen LogP contribution is -2.53. The molecule has 2 atom stereocenters. The summed E-state index contributed by atoms with van der Waals surface area (Å²) < 4.78 is 25.5. The molecule has 0 saturated heterocycles. The molecule has 0 bridgehead atoms. The van der Waals surface area contributed by atoms with Gasteiger partial charge in [0.1, 0.15) is 11.6 Å². The number of amides is 1. The number of carbonyl (C=O) groups excluding carboxylic acids is 1. The van der Waals surface area contributed by atoms with Gasteiger partial charge in [-0.15, -0.1) is 0 Å². The average molecular weight is 554 g/mol. The lowest BCUT2D eigenvalue weighted by molar-refractivity contribution is -0.130. The molecular weight excluding hydrogens is 521 g/mol. The predicted octanol–water partition coefficient (Wildman–Crippen LogP) is 4.91. The van der Waals surface area contributed by atoms with Gasteiger partial charge in [-0.3, -0.25) is 10.2 Å². The minimum Gasteiger partial charge on any atom is -0.494 e. The van der Waals surface area contributed by atoms with Crippen molar-refractivity contribution in [3.05, 3.63) is 137 Å². The van der Waals surface area contributed by atoms with E-state index >= 15 is 0 Å². The van der Waals surface area contributed by atoms with Crippen molar-refractivity contribution in [1.82, 2.24) is 10.9 Å². The number of aliphatic hydroxyl groups excluding tert-OH is 1. The van der Waals surface area contributed by atoms with Gasteiger partial charge in [0.25, 0.3) is 5.91 Å². The lowest BCUT2D eigenvalue weighted by atomic mass is 9.82. The van der Waals surface area contributed by atoms with Gasteiger partial charge in [-0.05, 0) is 53.1 Å². The zero-order valence-electron chi connectivity index (χ0n) is 22.5. The van der Waals surface area contributed by atoms with Crippen molar-refractivity contribution in [2.24, 2.45) is 4.99 Å². The largest absolute Gasteiger partial charge is 0.494 e. The minimum absolute atomic E-state index is 0.0634. The summed E-state index contributed by atoms with van der Waals surface area (Å²) in [6, 6.07) is 32.7. The van der Waals surface area contributed by atoms with E-state index in [0.717, 1.165) is 16.7 Å². The topological polar surface area (TPSA) is 92.2 Å². The highest BCUT2D eigenvalue weighted by molar-refractivity contribution is 6.01. The van der Waals surface area contributed by atoms with E-state index in [1.54, 1.807) is 12.1 Å². The van der Waals surface area contributed by atoms with E-state index in [-0.39, 0.29) is 18.3 Å². The van der Waals surface area contributed by atoms with Gasteiger partial charge in [0, 0.05) is 31.6 Å². The van der Waals surface area contributed by atoms with Crippen LogP contribution in [0.3, 0.4) is 0 Å². The number of nitrogens with one attached hydrogen (secondary N) is 2. The van der Waals surface area contributed by atoms with Gasteiger partial charge in [-0.2, -0.15) is 0 Å². The van der Waals surface area contributed by atoms with Crippen LogP contribution >= 0.6 is 0 Å². The number of aliphatic hydroxyl groups is 1. The maximum Gasteiger partial charge on any atom is 0.266 e. The first-order chi connectivity index (χ1) is 20.1. The molecule has 3 N–H and O–H groups in total. The summed E-state index contributed by atoms with van der Waals surface area (Å²) in [5.74, 6) is 0.348. The Bertz CT molecular complexity index is 1450. The summed E-state index contributed by atoms with van der Waals surface area (Å²) in [6.07, 6.45) is 0.137. The van der Waals surface area contributed by atoms with Crippen LogP contribution in [0.25, 0.3) is 0 Å². The average Bonchev–Trinajstić information content (AvgIpc) is 3.40. The number of carbonyl (C=O) groups is 1. The number of hydrazine groups is 1. The molecule has 0 radical (unpaired) electrons. The van der Waals surface area contributed by atoms with Crippen molar-refractivity contribution in [3.63, 3.8) is 0 Å². The second-order valence-corrected chi connectivity index (χ2v) is 9.80. The van der Waals surface area contributed by atoms with Gasteiger partial charge in [0.05, 0.1) is 6.61 Å². The number of hydrogen-bond donors (Lipinski definition) is 3. The molecule has 0 aromatic heterocycles. The molecule has 1 aliphatic rings. The zero-order valence-corrected chi connectivity index (χ0v) is 22.5. The third kappa shape index (κ3) is 6.80. The van der Waals surface area contributed by atoms with Crippen molar-refractivity contribution in [2.45, 2.75) is 31.0 Å². The first-order valence-electron chi connectivity index (χ1n) is 13.5. The molecule has 1 amide bonds. The summed E-state index contributed by atoms with van der Waals surface area (Å²) in [7, 11) is 0. The molecule has 0 unspecified atom stereocenters. The van der Waals surface area contributed by atoms with Gasteiger partial charge in [-0.25, -0.2) is 14.8 Å². The highest BCUT2D eigenvalue weighted by atomic mass is 19.1. The Kier molecular flexibility index (Phi) is 9.03. The molecule has 5 rings (SSSR count). The Morgan fingerprint density at radius 1 is 0.902 bits per heavy atom. The van der Waals surface area contributed by atoms with Crippen LogP contribution < -0.4 is 15.6 Å². The molecule has 0 aliphatic carbocycles. The second kappa shape index (κ2) is 13.2. The van der Waals surface area contributed by atoms with Crippen LogP contribution in [0, 0.1) is 5.82 Å². The van der Waals surface area contributed by atoms with E-state index in [4.69, 9.17) is 19.6 Å². The number of nitrogens with zero attached hydrogens (tertiary/aromatic N) is 1. The molecule has 41 heavy (non-hydrogen) atoms. The molecular formula is C33H32FN3O4. The van der Waals surface area contributed by atoms with Crippen molar-refractivity contribution in [1.29, 1.82) is 0 Å². The molecule has 0 fully saturated rings. The highest BCUT2D eigenvalue weighted by Crippen LogP contribution is 2.42. The first-order valence-corrected chi connectivity index (χ1v) is 13.5. The van der Waals surface area contributed by atoms with Crippen LogP contribution in [0.15, 0.2) is 114 Å². The van der Waals surface area contributed by atoms with E-state index in [1.165, 1.54) is 12.1 Å². The molecule has 0 saturated carbocycles. The number of aliphatic imine (C=N–C) groups is 1. The fourth-order valence-corrected chi connectivity index (χ4v) is 4.75. The maximum atomic E-state index is 14.1. The SMILES string of the molecule is O=C(NNCc1ccc(F)cc1)[C@@]1(Cc2ccccc2)N=C(c2ccc(OCCCO)cc2)O[C@H]1c1ccccc1. The van der Waals surface area contributed by atoms with Crippen LogP contribution in [-0.4, -0.2) is 35.7 Å². The Morgan fingerprint density at radius 3 is 2.27 bits per heavy atom. The maximum absolute atomic E-state index is 14.1. The monoisotopic (exact) mass is 553 g/mol. The fourth-order valence-electron chi connectivity index (χ4n) is 4.75. The van der Waals surface area contributed by atoms with Crippen LogP contribution in [-0.2, 0) is 22.5 Å². The lowest BCUT2D eigenvalue weighted by Gasteiger charge is -2.30. The molecule has 0 spiro atoms. The van der Waals surface area contributed by atoms with Gasteiger partial charge < -0.3 is 14.6 Å². The second-order valence-electron chi connectivity index (χ2n) is 9.80. The van der Waals surface area contributed by atoms with E-state index in [0.29, 0.717) is 43.2 Å². The summed E-state index contributed by atoms with van der Waals surface area (Å²) in [6.45, 7) is 0.779. The normalized spacial score (nSPS) is 17.9. The Labute approximate surface area is 238 Å². The number of ether oxygens (including phenoxy) is 2. The molecule has 4 aromatic carbocycles. The summed E-state index contributed by atoms with van der Waals surface area (Å²) >= 11 is 0. The quantitative estimate of drug-likeness (QED) is 0.171. The van der Waals surface area contributed by atoms with E-state index in [1.807, 2.05) is 84.9 Å². The predicted molar refractivity (Wildman–Crippen MR) is 155 cm³/mol. The molecule has 4 aromatic rings. The van der Waals surface area contributed by atoms with E-state index < -0.39 is 11.6 Å². The molecule has 7 nitrogen and oxygen atoms in total. The number of halogens is 1. The first kappa shape index (κ1) is 28.0. The molecule has 1 aliphatic heterocycles. The van der Waals surface area contributed by atoms with Gasteiger partial charge in [-0.1, -0.05) is 72.8 Å². The van der Waals surface area contributed by atoms with Crippen LogP contribution in [0.5, 0.6) is 5.75 Å². The Morgan fingerprint density at radius 2 is 1.59 bits per heavy atom. The van der Waals surface area contributed by atoms with Crippen LogP contribution in [0.2, 0.25) is 0 Å². The standard InChI is InChI=1S/C33H32FN3O4/c34-28-16-12-25(13-17-28)23-35-37-32(39)33(22-24-8-3-1-4-9-24)30(26-10-5-2-6-11-26)41-31(36-33)27-14-18-29(19-15-27)40-21-7-20-38/h1-6,8-19,30,35,38H,7,20-23H2,(H,37,39)/t30-,33-/m0/s1. The summed E-state index contributed by atoms with van der Waals surface area (Å²) in [4.78, 5) is 19.1. The van der Waals surface area contributed by atoms with Crippen molar-refractivity contribution in [2.75, 3.05) is 13.2 Å². The Hall–Kier alpha value is -4.53. The Balaban J connectivity index is 1.47. The number of benzene rings is 4. The van der Waals surface area contributed by atoms with Crippen molar-refractivity contribution < 1.29 is 23.8 Å². The smallest absolute Gasteiger partial charge is 0.266 e. The molecule has 1 heterocycles. The summed E-state index contributed by atoms with van der Waals surface area (Å²) in [5, 5.41) is 9.01. The van der Waals surface area contributed by atoms with Gasteiger partial charge in [0.15, 0.2) is 11.6 Å². The third-order valence-corrected chi connectivity index (χ3v) is 6.86. The van der Waals surface area contributed by atoms with E-state index in [9.17, 15) is 9.18 Å². The minimum atomic E-state index is -1.33. The molecule has 8 heteroatoms. The van der Waals surface area contributed by atoms with Gasteiger partial charge >= 0.3 is 0 Å². The van der Waals surface area contributed by atoms with Crippen LogP contribution in [0.4, 0.5) is 4.39 Å². The van der Waals surface area contributed by atoms with Crippen molar-refractivity contribution in [3.8, 4) is 5.75 Å². The van der Waals surface area contributed by atoms with E-state index in [2.05, 4.69) is 10.9 Å². The van der Waals surface area contributed by atoms with Crippen molar-refractivity contribution >= 4 is 11.8 Å². The fraction of sp³-hybridized carbons (Fsp3) is 0.212. The van der Waals surface area contributed by atoms with Gasteiger partial charge in [0.2, 0.25) is 5.90 Å². The number of rotatable bonds is 12. The van der Waals surface area contributed by atoms with Crippen LogP contribution in [0.1, 0.15) is 34.8 Å². The molecule has 210 valence electrons. The highest BCUT2D eigenvalue weighted by Gasteiger charge is 2.53. The zero-order chi connectivity index (χ0) is 28.5. The third-order valence-electron chi connectivity index (χ3n) is 6.86. The summed E-state index contributed by atoms with van der Waals surface area (Å²) in [5.41, 5.74) is 7.78.